The molecule has 0 atom stereocenters. The van der Waals surface area contributed by atoms with Crippen molar-refractivity contribution in [3.8, 4) is 0 Å². The van der Waals surface area contributed by atoms with E-state index in [2.05, 4.69) is 30.7 Å². The molecule has 0 amide bonds. The molecule has 130 valence electrons. The molecule has 6 heteroatoms. The number of aryl methyl sites for hydroxylation is 3. The van der Waals surface area contributed by atoms with Crippen molar-refractivity contribution in [3.05, 3.63) is 16.3 Å². The van der Waals surface area contributed by atoms with Crippen molar-refractivity contribution >= 4 is 39.3 Å². The van der Waals surface area contributed by atoms with Gasteiger partial charge in [-0.25, -0.2) is 9.97 Å². The fraction of sp³-hybridized carbons (Fsp3) is 0.611. The van der Waals surface area contributed by atoms with Crippen molar-refractivity contribution in [2.24, 2.45) is 0 Å². The van der Waals surface area contributed by atoms with E-state index in [9.17, 15) is 4.79 Å². The number of thiophene rings is 1. The first-order chi connectivity index (χ1) is 11.6. The van der Waals surface area contributed by atoms with Crippen LogP contribution in [0.5, 0.6) is 0 Å². The maximum atomic E-state index is 12.2. The second-order valence-electron chi connectivity index (χ2n) is 6.30. The van der Waals surface area contributed by atoms with Gasteiger partial charge in [-0.3, -0.25) is 4.79 Å². The van der Waals surface area contributed by atoms with Gasteiger partial charge in [-0.1, -0.05) is 25.1 Å². The van der Waals surface area contributed by atoms with Gasteiger partial charge in [-0.2, -0.15) is 0 Å². The molecule has 2 heterocycles. The first kappa shape index (κ1) is 17.7. The van der Waals surface area contributed by atoms with Gasteiger partial charge in [0.1, 0.15) is 21.8 Å². The Labute approximate surface area is 151 Å². The lowest BCUT2D eigenvalue weighted by atomic mass is 9.98. The van der Waals surface area contributed by atoms with E-state index in [0.29, 0.717) is 5.75 Å². The Morgan fingerprint density at radius 3 is 2.71 bits per heavy atom. The van der Waals surface area contributed by atoms with Crippen molar-refractivity contribution < 1.29 is 9.53 Å². The summed E-state index contributed by atoms with van der Waals surface area (Å²) in [7, 11) is 0. The van der Waals surface area contributed by atoms with Crippen LogP contribution in [-0.4, -0.2) is 27.8 Å². The average molecular weight is 365 g/mol. The molecule has 2 aromatic heterocycles. The van der Waals surface area contributed by atoms with Gasteiger partial charge in [0.05, 0.1) is 5.75 Å². The minimum atomic E-state index is -0.124. The summed E-state index contributed by atoms with van der Waals surface area (Å²) in [5.41, 5.74) is 1.22. The normalized spacial score (nSPS) is 15.8. The van der Waals surface area contributed by atoms with Crippen LogP contribution in [0.15, 0.2) is 5.03 Å². The van der Waals surface area contributed by atoms with E-state index in [1.165, 1.54) is 41.5 Å². The third-order valence-corrected chi connectivity index (χ3v) is 6.59. The molecule has 0 spiro atoms. The van der Waals surface area contributed by atoms with Crippen molar-refractivity contribution in [3.63, 3.8) is 0 Å². The number of ether oxygens (including phenoxy) is 1. The molecular weight excluding hydrogens is 340 g/mol. The number of fused-ring (bicyclic) bond motifs is 1. The van der Waals surface area contributed by atoms with E-state index in [1.54, 1.807) is 11.3 Å². The Morgan fingerprint density at radius 1 is 1.25 bits per heavy atom. The van der Waals surface area contributed by atoms with Crippen LogP contribution >= 0.6 is 23.1 Å². The van der Waals surface area contributed by atoms with Crippen LogP contribution in [0.25, 0.3) is 10.2 Å². The monoisotopic (exact) mass is 364 g/mol. The van der Waals surface area contributed by atoms with Gasteiger partial charge in [0.15, 0.2) is 0 Å². The summed E-state index contributed by atoms with van der Waals surface area (Å²) in [6.45, 7) is 6.27. The number of carbonyl (C=O) groups excluding carboxylic acids is 1. The first-order valence-corrected chi connectivity index (χ1v) is 10.5. The van der Waals surface area contributed by atoms with Crippen molar-refractivity contribution in [2.75, 3.05) is 5.75 Å². The summed E-state index contributed by atoms with van der Waals surface area (Å²) in [5, 5.41) is 2.02. The van der Waals surface area contributed by atoms with Gasteiger partial charge < -0.3 is 4.74 Å². The zero-order chi connectivity index (χ0) is 17.1. The molecule has 1 saturated carbocycles. The third kappa shape index (κ3) is 3.91. The molecule has 3 rings (SSSR count). The minimum Gasteiger partial charge on any atom is -0.462 e. The lowest BCUT2D eigenvalue weighted by Crippen LogP contribution is -2.21. The van der Waals surface area contributed by atoms with Crippen LogP contribution in [-0.2, 0) is 16.0 Å². The molecule has 1 aliphatic carbocycles. The van der Waals surface area contributed by atoms with Crippen LogP contribution < -0.4 is 0 Å². The minimum absolute atomic E-state index is 0.119. The standard InChI is InChI=1S/C18H24N2O2S2/c1-4-14-19-17(16-11(2)12(3)24-18(16)20-14)23-10-15(21)22-13-8-6-5-7-9-13/h13H,4-10H2,1-3H3. The number of rotatable bonds is 5. The molecular formula is C18H24N2O2S2. The second kappa shape index (κ2) is 7.83. The fourth-order valence-electron chi connectivity index (χ4n) is 3.05. The van der Waals surface area contributed by atoms with Crippen molar-refractivity contribution in [1.29, 1.82) is 0 Å². The molecule has 0 aromatic carbocycles. The molecule has 2 aromatic rings. The second-order valence-corrected chi connectivity index (χ2v) is 8.47. The Balaban J connectivity index is 1.73. The number of thioether (sulfide) groups is 1. The highest BCUT2D eigenvalue weighted by Crippen LogP contribution is 2.35. The van der Waals surface area contributed by atoms with Gasteiger partial charge in [0.25, 0.3) is 0 Å². The molecule has 0 aliphatic heterocycles. The van der Waals surface area contributed by atoms with Crippen LogP contribution in [0.3, 0.4) is 0 Å². The molecule has 0 saturated heterocycles. The SMILES string of the molecule is CCc1nc(SCC(=O)OC2CCCCC2)c2c(C)c(C)sc2n1. The summed E-state index contributed by atoms with van der Waals surface area (Å²) < 4.78 is 5.62. The quantitative estimate of drug-likeness (QED) is 0.432. The van der Waals surface area contributed by atoms with Crippen LogP contribution in [0.2, 0.25) is 0 Å². The zero-order valence-corrected chi connectivity index (χ0v) is 16.2. The molecule has 1 aliphatic rings. The maximum Gasteiger partial charge on any atom is 0.316 e. The molecule has 0 N–H and O–H groups in total. The largest absolute Gasteiger partial charge is 0.462 e. The summed E-state index contributed by atoms with van der Waals surface area (Å²) in [4.78, 5) is 23.8. The highest BCUT2D eigenvalue weighted by molar-refractivity contribution is 8.00. The maximum absolute atomic E-state index is 12.2. The molecule has 24 heavy (non-hydrogen) atoms. The number of hydrogen-bond acceptors (Lipinski definition) is 6. The number of carbonyl (C=O) groups is 1. The number of esters is 1. The Hall–Kier alpha value is -1.14. The van der Waals surface area contributed by atoms with Crippen LogP contribution in [0.4, 0.5) is 0 Å². The van der Waals surface area contributed by atoms with Gasteiger partial charge in [-0.05, 0) is 45.1 Å². The highest BCUT2D eigenvalue weighted by Gasteiger charge is 2.19. The first-order valence-electron chi connectivity index (χ1n) is 8.67. The van der Waals surface area contributed by atoms with E-state index in [0.717, 1.165) is 40.3 Å². The number of nitrogens with zero attached hydrogens (tertiary/aromatic N) is 2. The summed E-state index contributed by atoms with van der Waals surface area (Å²) >= 11 is 3.19. The zero-order valence-electron chi connectivity index (χ0n) is 14.6. The lowest BCUT2D eigenvalue weighted by Gasteiger charge is -2.21. The lowest BCUT2D eigenvalue weighted by molar-refractivity contribution is -0.147. The van der Waals surface area contributed by atoms with Crippen molar-refractivity contribution in [2.45, 2.75) is 70.4 Å². The van der Waals surface area contributed by atoms with E-state index in [-0.39, 0.29) is 12.1 Å². The molecule has 4 nitrogen and oxygen atoms in total. The van der Waals surface area contributed by atoms with Gasteiger partial charge >= 0.3 is 5.97 Å². The topological polar surface area (TPSA) is 52.1 Å². The molecule has 0 bridgehead atoms. The summed E-state index contributed by atoms with van der Waals surface area (Å²) in [6.07, 6.45) is 6.54. The number of hydrogen-bond donors (Lipinski definition) is 0. The van der Waals surface area contributed by atoms with Gasteiger partial charge in [-0.15, -0.1) is 11.3 Å². The van der Waals surface area contributed by atoms with Crippen LogP contribution in [0, 0.1) is 13.8 Å². The van der Waals surface area contributed by atoms with Crippen molar-refractivity contribution in [1.82, 2.24) is 9.97 Å². The van der Waals surface area contributed by atoms with E-state index in [4.69, 9.17) is 4.74 Å². The van der Waals surface area contributed by atoms with E-state index in [1.807, 2.05) is 0 Å². The average Bonchev–Trinajstić information content (AvgIpc) is 2.88. The van der Waals surface area contributed by atoms with E-state index >= 15 is 0 Å². The molecule has 0 radical (unpaired) electrons. The Morgan fingerprint density at radius 2 is 2.00 bits per heavy atom. The molecule has 1 fully saturated rings. The van der Waals surface area contributed by atoms with Gasteiger partial charge in [0.2, 0.25) is 0 Å². The summed E-state index contributed by atoms with van der Waals surface area (Å²) in [5.74, 6) is 1.04. The highest BCUT2D eigenvalue weighted by atomic mass is 32.2. The van der Waals surface area contributed by atoms with E-state index < -0.39 is 0 Å². The Kier molecular flexibility index (Phi) is 5.76. The van der Waals surface area contributed by atoms with Crippen LogP contribution in [0.1, 0.15) is 55.3 Å². The molecule has 0 unspecified atom stereocenters. The summed E-state index contributed by atoms with van der Waals surface area (Å²) in [6, 6.07) is 0. The smallest absolute Gasteiger partial charge is 0.316 e. The Bertz CT molecular complexity index is 736. The fourth-order valence-corrected chi connectivity index (χ4v) is 5.05. The number of aromatic nitrogens is 2. The third-order valence-electron chi connectivity index (χ3n) is 4.54. The predicted octanol–water partition coefficient (Wildman–Crippen LogP) is 4.84. The predicted molar refractivity (Wildman–Crippen MR) is 100.0 cm³/mol. The van der Waals surface area contributed by atoms with Gasteiger partial charge in [0, 0.05) is 16.7 Å².